The first kappa shape index (κ1) is 9.88. The molecule has 0 atom stereocenters. The van der Waals surface area contributed by atoms with Crippen LogP contribution < -0.4 is 0 Å². The molecule has 0 bridgehead atoms. The highest BCUT2D eigenvalue weighted by Gasteiger charge is 2.14. The van der Waals surface area contributed by atoms with Crippen molar-refractivity contribution in [2.75, 3.05) is 6.54 Å². The quantitative estimate of drug-likeness (QED) is 0.329. The average molecular weight is 193 g/mol. The Kier molecular flexibility index (Phi) is 2.93. The van der Waals surface area contributed by atoms with Crippen molar-refractivity contribution in [2.45, 2.75) is 0 Å². The summed E-state index contributed by atoms with van der Waals surface area (Å²) in [5.74, 6) is -1.29. The Bertz CT molecular complexity index is 390. The zero-order valence-corrected chi connectivity index (χ0v) is 7.08. The summed E-state index contributed by atoms with van der Waals surface area (Å²) in [6.45, 7) is -0.429. The molecule has 0 aromatic heterocycles. The number of phenolic OH excluding ortho intramolecular Hbond substituents is 2. The van der Waals surface area contributed by atoms with Crippen molar-refractivity contribution in [2.24, 2.45) is 5.11 Å². The van der Waals surface area contributed by atoms with Crippen LogP contribution in [0.2, 0.25) is 0 Å². The Morgan fingerprint density at radius 1 is 1.43 bits per heavy atom. The van der Waals surface area contributed by atoms with Gasteiger partial charge in [0.15, 0.2) is 5.78 Å². The second-order valence-electron chi connectivity index (χ2n) is 2.48. The molecule has 0 heterocycles. The number of hydrogen-bond acceptors (Lipinski definition) is 4. The third-order valence-corrected chi connectivity index (χ3v) is 1.58. The normalized spacial score (nSPS) is 9.14. The van der Waals surface area contributed by atoms with Gasteiger partial charge in [-0.2, -0.15) is 0 Å². The van der Waals surface area contributed by atoms with Gasteiger partial charge in [-0.05, 0) is 17.7 Å². The lowest BCUT2D eigenvalue weighted by Gasteiger charge is -2.03. The van der Waals surface area contributed by atoms with Crippen LogP contribution in [0.4, 0.5) is 0 Å². The SMILES string of the molecule is [N-]=[N+]=NCC(=O)c1c(O)cccc1O. The molecule has 0 aliphatic heterocycles. The molecule has 0 aliphatic rings. The molecule has 6 heteroatoms. The highest BCUT2D eigenvalue weighted by Crippen LogP contribution is 2.26. The van der Waals surface area contributed by atoms with Gasteiger partial charge >= 0.3 is 0 Å². The van der Waals surface area contributed by atoms with E-state index < -0.39 is 12.3 Å². The number of phenols is 2. The molecule has 72 valence electrons. The van der Waals surface area contributed by atoms with E-state index in [9.17, 15) is 15.0 Å². The summed E-state index contributed by atoms with van der Waals surface area (Å²) >= 11 is 0. The number of benzene rings is 1. The largest absolute Gasteiger partial charge is 0.507 e. The van der Waals surface area contributed by atoms with E-state index in [0.717, 1.165) is 0 Å². The molecule has 1 aromatic carbocycles. The molecule has 0 unspecified atom stereocenters. The van der Waals surface area contributed by atoms with Crippen LogP contribution in [0.15, 0.2) is 23.3 Å². The predicted octanol–water partition coefficient (Wildman–Crippen LogP) is 1.59. The molecule has 0 aliphatic carbocycles. The number of aromatic hydroxyl groups is 2. The van der Waals surface area contributed by atoms with E-state index in [-0.39, 0.29) is 17.1 Å². The van der Waals surface area contributed by atoms with Crippen LogP contribution in [0, 0.1) is 0 Å². The summed E-state index contributed by atoms with van der Waals surface area (Å²) in [6.07, 6.45) is 0. The van der Waals surface area contributed by atoms with E-state index in [1.807, 2.05) is 0 Å². The van der Waals surface area contributed by atoms with Crippen LogP contribution in [-0.4, -0.2) is 22.5 Å². The van der Waals surface area contributed by atoms with E-state index in [4.69, 9.17) is 5.53 Å². The summed E-state index contributed by atoms with van der Waals surface area (Å²) in [5.41, 5.74) is 7.76. The number of nitrogens with zero attached hydrogens (tertiary/aromatic N) is 3. The summed E-state index contributed by atoms with van der Waals surface area (Å²) in [6, 6.07) is 3.93. The molecule has 14 heavy (non-hydrogen) atoms. The second kappa shape index (κ2) is 4.15. The van der Waals surface area contributed by atoms with Crippen molar-refractivity contribution >= 4 is 5.78 Å². The first-order valence-corrected chi connectivity index (χ1v) is 3.72. The fourth-order valence-corrected chi connectivity index (χ4v) is 0.989. The van der Waals surface area contributed by atoms with E-state index in [2.05, 4.69) is 10.0 Å². The zero-order valence-electron chi connectivity index (χ0n) is 7.08. The predicted molar refractivity (Wildman–Crippen MR) is 48.1 cm³/mol. The van der Waals surface area contributed by atoms with Crippen LogP contribution in [0.1, 0.15) is 10.4 Å². The minimum atomic E-state index is -0.626. The summed E-state index contributed by atoms with van der Waals surface area (Å²) in [4.78, 5) is 13.7. The molecule has 0 amide bonds. The van der Waals surface area contributed by atoms with Gasteiger partial charge in [-0.3, -0.25) is 4.79 Å². The lowest BCUT2D eigenvalue weighted by atomic mass is 10.1. The van der Waals surface area contributed by atoms with Gasteiger partial charge in [0.05, 0.1) is 6.54 Å². The fourth-order valence-electron chi connectivity index (χ4n) is 0.989. The maximum Gasteiger partial charge on any atom is 0.176 e. The van der Waals surface area contributed by atoms with Gasteiger partial charge in [-0.25, -0.2) is 0 Å². The molecule has 0 spiro atoms. The van der Waals surface area contributed by atoms with Crippen LogP contribution in [0.25, 0.3) is 10.4 Å². The van der Waals surface area contributed by atoms with Crippen molar-refractivity contribution < 1.29 is 15.0 Å². The van der Waals surface area contributed by atoms with Gasteiger partial charge in [0.1, 0.15) is 17.1 Å². The number of azide groups is 1. The van der Waals surface area contributed by atoms with Gasteiger partial charge in [-0.15, -0.1) is 0 Å². The van der Waals surface area contributed by atoms with Crippen LogP contribution in [-0.2, 0) is 0 Å². The van der Waals surface area contributed by atoms with Gasteiger partial charge in [0.2, 0.25) is 0 Å². The van der Waals surface area contributed by atoms with Gasteiger partial charge in [-0.1, -0.05) is 11.2 Å². The van der Waals surface area contributed by atoms with E-state index in [1.165, 1.54) is 18.2 Å². The monoisotopic (exact) mass is 193 g/mol. The Balaban J connectivity index is 3.05. The first-order chi connectivity index (χ1) is 6.66. The lowest BCUT2D eigenvalue weighted by molar-refractivity contribution is 0.0996. The summed E-state index contributed by atoms with van der Waals surface area (Å²) in [5, 5.41) is 21.5. The number of rotatable bonds is 3. The number of hydrogen-bond donors (Lipinski definition) is 2. The maximum atomic E-state index is 11.3. The minimum Gasteiger partial charge on any atom is -0.507 e. The second-order valence-corrected chi connectivity index (χ2v) is 2.48. The average Bonchev–Trinajstić information content (AvgIpc) is 2.14. The third-order valence-electron chi connectivity index (χ3n) is 1.58. The highest BCUT2D eigenvalue weighted by molar-refractivity contribution is 6.02. The molecule has 0 radical (unpaired) electrons. The maximum absolute atomic E-state index is 11.3. The van der Waals surface area contributed by atoms with E-state index in [1.54, 1.807) is 0 Å². The van der Waals surface area contributed by atoms with Crippen LogP contribution in [0.3, 0.4) is 0 Å². The molecule has 1 rings (SSSR count). The molecule has 0 saturated carbocycles. The molecular formula is C8H7N3O3. The number of ketones is 1. The van der Waals surface area contributed by atoms with Crippen molar-refractivity contribution in [3.8, 4) is 11.5 Å². The van der Waals surface area contributed by atoms with Crippen molar-refractivity contribution in [3.63, 3.8) is 0 Å². The number of carbonyl (C=O) groups is 1. The molecule has 1 aromatic rings. The molecule has 2 N–H and O–H groups in total. The van der Waals surface area contributed by atoms with Crippen molar-refractivity contribution in [3.05, 3.63) is 34.2 Å². The van der Waals surface area contributed by atoms with Gasteiger partial charge in [0.25, 0.3) is 0 Å². The topological polar surface area (TPSA) is 106 Å². The molecular weight excluding hydrogens is 186 g/mol. The number of carbonyl (C=O) groups excluding carboxylic acids is 1. The number of Topliss-reactive ketones (excluding diaryl/α,β-unsaturated/α-hetero) is 1. The smallest absolute Gasteiger partial charge is 0.176 e. The molecule has 6 nitrogen and oxygen atoms in total. The van der Waals surface area contributed by atoms with Crippen LogP contribution >= 0.6 is 0 Å². The lowest BCUT2D eigenvalue weighted by Crippen LogP contribution is -2.03. The standard InChI is InChI=1S/C8H7N3O3/c9-11-10-4-7(14)8-5(12)2-1-3-6(8)13/h1-3,12-13H,4H2. The summed E-state index contributed by atoms with van der Waals surface area (Å²) in [7, 11) is 0. The Morgan fingerprint density at radius 2 is 2.00 bits per heavy atom. The van der Waals surface area contributed by atoms with E-state index in [0.29, 0.717) is 0 Å². The van der Waals surface area contributed by atoms with Crippen LogP contribution in [0.5, 0.6) is 11.5 Å². The Hall–Kier alpha value is -2.20. The van der Waals surface area contributed by atoms with Crippen molar-refractivity contribution in [1.82, 2.24) is 0 Å². The minimum absolute atomic E-state index is 0.222. The fraction of sp³-hybridized carbons (Fsp3) is 0.125. The Labute approximate surface area is 79.0 Å². The first-order valence-electron chi connectivity index (χ1n) is 3.72. The van der Waals surface area contributed by atoms with Gasteiger partial charge < -0.3 is 10.2 Å². The third kappa shape index (κ3) is 1.94. The molecule has 0 fully saturated rings. The molecule has 0 saturated heterocycles. The zero-order chi connectivity index (χ0) is 10.6. The van der Waals surface area contributed by atoms with E-state index >= 15 is 0 Å². The Morgan fingerprint density at radius 3 is 2.50 bits per heavy atom. The van der Waals surface area contributed by atoms with Crippen molar-refractivity contribution in [1.29, 1.82) is 0 Å². The highest BCUT2D eigenvalue weighted by atomic mass is 16.3. The van der Waals surface area contributed by atoms with Gasteiger partial charge in [0, 0.05) is 4.91 Å². The summed E-state index contributed by atoms with van der Waals surface area (Å²) < 4.78 is 0.